The molecule has 0 fully saturated rings. The average molecular weight is 410 g/mol. The fraction of sp³-hybridized carbons (Fsp3) is 0.318. The lowest BCUT2D eigenvalue weighted by Gasteiger charge is -2.12. The molecule has 1 aromatic heterocycles. The zero-order chi connectivity index (χ0) is 21.3. The normalized spacial score (nSPS) is 10.9. The second kappa shape index (κ2) is 10.5. The van der Waals surface area contributed by atoms with Gasteiger partial charge in [-0.15, -0.1) is 0 Å². The molecule has 2 aromatic carbocycles. The third-order valence-corrected chi connectivity index (χ3v) is 4.59. The molecule has 2 amide bonds. The Morgan fingerprint density at radius 1 is 1.10 bits per heavy atom. The summed E-state index contributed by atoms with van der Waals surface area (Å²) in [4.78, 5) is 29.3. The number of anilines is 1. The monoisotopic (exact) mass is 410 g/mol. The molecule has 0 aliphatic carbocycles. The van der Waals surface area contributed by atoms with Crippen molar-refractivity contribution < 1.29 is 19.1 Å². The van der Waals surface area contributed by atoms with Gasteiger partial charge in [0.05, 0.1) is 29.5 Å². The number of carbonyl (C=O) groups is 2. The molecule has 0 saturated heterocycles. The number of rotatable bonds is 10. The van der Waals surface area contributed by atoms with Crippen LogP contribution in [0.25, 0.3) is 11.0 Å². The van der Waals surface area contributed by atoms with Gasteiger partial charge in [-0.25, -0.2) is 4.98 Å². The lowest BCUT2D eigenvalue weighted by molar-refractivity contribution is -0.119. The third-order valence-electron chi connectivity index (χ3n) is 4.59. The number of aromatic nitrogens is 2. The summed E-state index contributed by atoms with van der Waals surface area (Å²) in [6.07, 6.45) is 2.53. The molecule has 0 unspecified atom stereocenters. The molecule has 3 aromatic rings. The van der Waals surface area contributed by atoms with E-state index in [1.54, 1.807) is 25.6 Å². The van der Waals surface area contributed by atoms with Gasteiger partial charge in [-0.1, -0.05) is 30.3 Å². The number of methoxy groups -OCH3 is 2. The van der Waals surface area contributed by atoms with Crippen LogP contribution in [0, 0.1) is 0 Å². The lowest BCUT2D eigenvalue weighted by Crippen LogP contribution is -2.27. The average Bonchev–Trinajstić information content (AvgIpc) is 3.15. The van der Waals surface area contributed by atoms with E-state index < -0.39 is 0 Å². The zero-order valence-corrected chi connectivity index (χ0v) is 17.2. The number of benzene rings is 2. The van der Waals surface area contributed by atoms with Gasteiger partial charge in [0.1, 0.15) is 6.61 Å². The van der Waals surface area contributed by atoms with Crippen LogP contribution in [0.2, 0.25) is 0 Å². The fourth-order valence-electron chi connectivity index (χ4n) is 3.21. The predicted molar refractivity (Wildman–Crippen MR) is 115 cm³/mol. The summed E-state index contributed by atoms with van der Waals surface area (Å²) in [6.45, 7) is 1.40. The van der Waals surface area contributed by atoms with Gasteiger partial charge in [0.15, 0.2) is 0 Å². The number of hydrogen-bond donors (Lipinski definition) is 2. The zero-order valence-electron chi connectivity index (χ0n) is 17.2. The van der Waals surface area contributed by atoms with E-state index in [1.807, 2.05) is 22.8 Å². The molecule has 0 bridgehead atoms. The molecular formula is C22H26N4O4. The minimum atomic E-state index is -0.300. The predicted octanol–water partition coefficient (Wildman–Crippen LogP) is 2.24. The molecule has 0 spiro atoms. The summed E-state index contributed by atoms with van der Waals surface area (Å²) in [5.41, 5.74) is 3.51. The van der Waals surface area contributed by atoms with Crippen LogP contribution < -0.4 is 10.6 Å². The number of ether oxygens (including phenoxy) is 2. The van der Waals surface area contributed by atoms with Crippen molar-refractivity contribution in [2.45, 2.75) is 13.0 Å². The van der Waals surface area contributed by atoms with Crippen molar-refractivity contribution in [2.75, 3.05) is 39.3 Å². The Morgan fingerprint density at radius 3 is 2.63 bits per heavy atom. The largest absolute Gasteiger partial charge is 0.383 e. The van der Waals surface area contributed by atoms with Crippen molar-refractivity contribution in [1.82, 2.24) is 14.9 Å². The minimum absolute atomic E-state index is 0.0705. The molecular weight excluding hydrogens is 384 g/mol. The van der Waals surface area contributed by atoms with Crippen molar-refractivity contribution >= 4 is 28.5 Å². The van der Waals surface area contributed by atoms with Crippen LogP contribution in [0.15, 0.2) is 48.8 Å². The van der Waals surface area contributed by atoms with Crippen molar-refractivity contribution in [1.29, 1.82) is 0 Å². The quantitative estimate of drug-likeness (QED) is 0.500. The molecule has 2 N–H and O–H groups in total. The van der Waals surface area contributed by atoms with Gasteiger partial charge in [0.25, 0.3) is 5.91 Å². The molecule has 0 radical (unpaired) electrons. The van der Waals surface area contributed by atoms with E-state index in [2.05, 4.69) is 27.8 Å². The first-order valence-electron chi connectivity index (χ1n) is 9.71. The number of amides is 2. The third kappa shape index (κ3) is 5.43. The van der Waals surface area contributed by atoms with Crippen LogP contribution in [-0.4, -0.2) is 55.3 Å². The topological polar surface area (TPSA) is 94.5 Å². The first-order chi connectivity index (χ1) is 14.6. The van der Waals surface area contributed by atoms with E-state index in [1.165, 1.54) is 12.7 Å². The molecule has 3 rings (SSSR count). The Balaban J connectivity index is 1.92. The van der Waals surface area contributed by atoms with E-state index in [4.69, 9.17) is 9.47 Å². The van der Waals surface area contributed by atoms with Crippen molar-refractivity contribution in [2.24, 2.45) is 0 Å². The van der Waals surface area contributed by atoms with Crippen LogP contribution >= 0.6 is 0 Å². The Morgan fingerprint density at radius 2 is 1.90 bits per heavy atom. The summed E-state index contributed by atoms with van der Waals surface area (Å²) in [7, 11) is 3.03. The maximum absolute atomic E-state index is 12.9. The highest BCUT2D eigenvalue weighted by atomic mass is 16.5. The van der Waals surface area contributed by atoms with E-state index >= 15 is 0 Å². The Labute approximate surface area is 175 Å². The number of nitrogens with one attached hydrogen (secondary N) is 2. The SMILES string of the molecule is COCCNC(=O)c1cc(NC(=O)COC)cc2ncn(CCc3ccccc3)c12. The maximum Gasteiger partial charge on any atom is 0.253 e. The smallest absolute Gasteiger partial charge is 0.253 e. The van der Waals surface area contributed by atoms with Gasteiger partial charge in [0, 0.05) is 33.0 Å². The molecule has 0 aliphatic rings. The van der Waals surface area contributed by atoms with Crippen molar-refractivity contribution in [3.05, 3.63) is 59.9 Å². The van der Waals surface area contributed by atoms with E-state index in [0.717, 1.165) is 11.9 Å². The molecule has 8 nitrogen and oxygen atoms in total. The summed E-state index contributed by atoms with van der Waals surface area (Å²) in [6, 6.07) is 13.6. The van der Waals surface area contributed by atoms with Crippen LogP contribution in [-0.2, 0) is 27.2 Å². The second-order valence-electron chi connectivity index (χ2n) is 6.79. The van der Waals surface area contributed by atoms with Crippen LogP contribution in [0.3, 0.4) is 0 Å². The van der Waals surface area contributed by atoms with Gasteiger partial charge in [-0.3, -0.25) is 9.59 Å². The van der Waals surface area contributed by atoms with E-state index in [-0.39, 0.29) is 18.4 Å². The van der Waals surface area contributed by atoms with Gasteiger partial charge in [0.2, 0.25) is 5.91 Å². The number of carbonyl (C=O) groups excluding carboxylic acids is 2. The molecule has 1 heterocycles. The van der Waals surface area contributed by atoms with Gasteiger partial charge < -0.3 is 24.7 Å². The minimum Gasteiger partial charge on any atom is -0.383 e. The highest BCUT2D eigenvalue weighted by Crippen LogP contribution is 2.24. The number of nitrogens with zero attached hydrogens (tertiary/aromatic N) is 2. The molecule has 0 saturated carbocycles. The fourth-order valence-corrected chi connectivity index (χ4v) is 3.21. The number of aryl methyl sites for hydroxylation is 2. The summed E-state index contributed by atoms with van der Waals surface area (Å²) >= 11 is 0. The first kappa shape index (κ1) is 21.5. The Kier molecular flexibility index (Phi) is 7.53. The van der Waals surface area contributed by atoms with Crippen molar-refractivity contribution in [3.63, 3.8) is 0 Å². The summed E-state index contributed by atoms with van der Waals surface area (Å²) in [5, 5.41) is 5.59. The number of fused-ring (bicyclic) bond motifs is 1. The lowest BCUT2D eigenvalue weighted by atomic mass is 10.1. The standard InChI is InChI=1S/C22H26N4O4/c1-29-11-9-23-22(28)18-12-17(25-20(27)14-30-2)13-19-21(18)26(15-24-19)10-8-16-6-4-3-5-7-16/h3-7,12-13,15H,8-11,14H2,1-2H3,(H,23,28)(H,25,27). The highest BCUT2D eigenvalue weighted by molar-refractivity contribution is 6.07. The molecule has 158 valence electrons. The molecule has 30 heavy (non-hydrogen) atoms. The summed E-state index contributed by atoms with van der Waals surface area (Å²) < 4.78 is 11.8. The highest BCUT2D eigenvalue weighted by Gasteiger charge is 2.17. The Hall–Kier alpha value is -3.23. The molecule has 0 atom stereocenters. The molecule has 8 heteroatoms. The van der Waals surface area contributed by atoms with Crippen LogP contribution in [0.1, 0.15) is 15.9 Å². The van der Waals surface area contributed by atoms with E-state index in [9.17, 15) is 9.59 Å². The van der Waals surface area contributed by atoms with Crippen LogP contribution in [0.5, 0.6) is 0 Å². The van der Waals surface area contributed by atoms with Gasteiger partial charge in [-0.2, -0.15) is 0 Å². The van der Waals surface area contributed by atoms with Crippen molar-refractivity contribution in [3.8, 4) is 0 Å². The van der Waals surface area contributed by atoms with E-state index in [0.29, 0.717) is 36.5 Å². The summed E-state index contributed by atoms with van der Waals surface area (Å²) in [5.74, 6) is -0.549. The number of hydrogen-bond acceptors (Lipinski definition) is 5. The first-order valence-corrected chi connectivity index (χ1v) is 9.71. The van der Waals surface area contributed by atoms with Gasteiger partial charge >= 0.3 is 0 Å². The van der Waals surface area contributed by atoms with Gasteiger partial charge in [-0.05, 0) is 24.1 Å². The maximum atomic E-state index is 12.9. The Bertz CT molecular complexity index is 1000. The second-order valence-corrected chi connectivity index (χ2v) is 6.79. The van der Waals surface area contributed by atoms with Crippen LogP contribution in [0.4, 0.5) is 5.69 Å². The number of imidazole rings is 1. The molecule has 0 aliphatic heterocycles.